The van der Waals surface area contributed by atoms with E-state index in [1.165, 1.54) is 24.0 Å². The Balaban J connectivity index is 1.46. The van der Waals surface area contributed by atoms with Crippen LogP contribution in [0, 0.1) is 12.8 Å². The van der Waals surface area contributed by atoms with Gasteiger partial charge in [0.15, 0.2) is 0 Å². The first-order chi connectivity index (χ1) is 17.8. The van der Waals surface area contributed by atoms with Crippen LogP contribution in [-0.4, -0.2) is 54.9 Å². The Bertz CT molecular complexity index is 1450. The average molecular weight is 540 g/mol. The van der Waals surface area contributed by atoms with Crippen LogP contribution in [0.3, 0.4) is 0 Å². The van der Waals surface area contributed by atoms with E-state index in [9.17, 15) is 18.0 Å². The Hall–Kier alpha value is -3.50. The van der Waals surface area contributed by atoms with Gasteiger partial charge in [0.1, 0.15) is 18.0 Å². The van der Waals surface area contributed by atoms with Crippen molar-refractivity contribution in [3.8, 4) is 5.75 Å². The van der Waals surface area contributed by atoms with Gasteiger partial charge in [-0.25, -0.2) is 13.1 Å². The van der Waals surface area contributed by atoms with Gasteiger partial charge in [0.2, 0.25) is 15.9 Å². The van der Waals surface area contributed by atoms with E-state index < -0.39 is 33.6 Å². The molecule has 1 aromatic heterocycles. The molecule has 2 unspecified atom stereocenters. The molecule has 9 nitrogen and oxygen atoms in total. The van der Waals surface area contributed by atoms with Gasteiger partial charge < -0.3 is 14.4 Å². The van der Waals surface area contributed by atoms with Crippen LogP contribution in [0.5, 0.6) is 5.75 Å². The number of likely N-dealkylation sites (tertiary alicyclic amines) is 1. The van der Waals surface area contributed by atoms with Crippen molar-refractivity contribution >= 4 is 32.8 Å². The number of nitrogens with one attached hydrogen (secondary N) is 1. The number of ether oxygens (including phenoxy) is 2. The maximum Gasteiger partial charge on any atom is 0.312 e. The number of nitrogens with zero attached hydrogens (tertiary/aromatic N) is 2. The molecular formula is C28H33N3O6S. The number of esters is 1. The van der Waals surface area contributed by atoms with Crippen LogP contribution < -0.4 is 9.46 Å². The van der Waals surface area contributed by atoms with Gasteiger partial charge in [0.05, 0.1) is 22.4 Å². The predicted octanol–water partition coefficient (Wildman–Crippen LogP) is 3.59. The molecule has 1 fully saturated rings. The zero-order chi connectivity index (χ0) is 27.7. The molecule has 0 spiro atoms. The topological polar surface area (TPSA) is 115 Å². The van der Waals surface area contributed by atoms with E-state index in [-0.39, 0.29) is 23.9 Å². The molecule has 1 amide bonds. The zero-order valence-electron chi connectivity index (χ0n) is 22.2. The number of fused-ring (bicyclic) bond motifs is 1. The third-order valence-corrected chi connectivity index (χ3v) is 7.75. The number of aryl methyl sites for hydroxylation is 1. The lowest BCUT2D eigenvalue weighted by Gasteiger charge is -2.24. The number of rotatable bonds is 7. The number of pyridine rings is 1. The van der Waals surface area contributed by atoms with E-state index >= 15 is 0 Å². The van der Waals surface area contributed by atoms with Crippen molar-refractivity contribution in [3.05, 3.63) is 65.9 Å². The molecule has 0 saturated carbocycles. The van der Waals surface area contributed by atoms with Crippen molar-refractivity contribution in [1.29, 1.82) is 0 Å². The first kappa shape index (κ1) is 27.5. The van der Waals surface area contributed by atoms with Crippen molar-refractivity contribution in [2.75, 3.05) is 13.1 Å². The summed E-state index contributed by atoms with van der Waals surface area (Å²) < 4.78 is 40.4. The van der Waals surface area contributed by atoms with Crippen molar-refractivity contribution in [2.24, 2.45) is 5.92 Å². The first-order valence-corrected chi connectivity index (χ1v) is 13.9. The monoisotopic (exact) mass is 539 g/mol. The lowest BCUT2D eigenvalue weighted by atomic mass is 10.0. The molecule has 2 heterocycles. The smallest absolute Gasteiger partial charge is 0.312 e. The summed E-state index contributed by atoms with van der Waals surface area (Å²) in [6, 6.07) is 15.1. The molecule has 1 saturated heterocycles. The molecule has 3 aromatic rings. The number of para-hydroxylation sites is 1. The van der Waals surface area contributed by atoms with Gasteiger partial charge in [-0.2, -0.15) is 0 Å². The van der Waals surface area contributed by atoms with Gasteiger partial charge in [-0.3, -0.25) is 14.6 Å². The van der Waals surface area contributed by atoms with Crippen LogP contribution in [0.15, 0.2) is 59.5 Å². The molecule has 0 bridgehead atoms. The molecule has 2 aromatic carbocycles. The fourth-order valence-electron chi connectivity index (χ4n) is 4.45. The van der Waals surface area contributed by atoms with Crippen LogP contribution in [0.2, 0.25) is 0 Å². The van der Waals surface area contributed by atoms with Crippen molar-refractivity contribution in [2.45, 2.75) is 57.8 Å². The number of hydrogen-bond donors (Lipinski definition) is 1. The van der Waals surface area contributed by atoms with Gasteiger partial charge in [-0.05, 0) is 64.1 Å². The molecule has 0 radical (unpaired) electrons. The summed E-state index contributed by atoms with van der Waals surface area (Å²) in [6.07, 6.45) is 0. The summed E-state index contributed by atoms with van der Waals surface area (Å²) in [6.45, 7) is 9.01. The van der Waals surface area contributed by atoms with Gasteiger partial charge in [0, 0.05) is 36.7 Å². The second-order valence-electron chi connectivity index (χ2n) is 10.5. The molecule has 10 heteroatoms. The Morgan fingerprint density at radius 3 is 2.42 bits per heavy atom. The second kappa shape index (κ2) is 10.7. The standard InChI is InChI=1S/C28H33N3O6S/c1-18-14-20(23-8-6-7-9-25(23)29-18)17-36-21-10-12-22(13-11-21)38(34,35)30-26-16-31(19(2)32)15-24(26)27(33)37-28(3,4)5/h6-14,24,26,30H,15-17H2,1-5H3. The number of amides is 1. The molecule has 1 aliphatic heterocycles. The third-order valence-electron chi connectivity index (χ3n) is 6.24. The molecule has 4 rings (SSSR count). The maximum absolute atomic E-state index is 13.2. The maximum atomic E-state index is 13.2. The number of aromatic nitrogens is 1. The Morgan fingerprint density at radius 2 is 1.76 bits per heavy atom. The molecular weight excluding hydrogens is 506 g/mol. The van der Waals surface area contributed by atoms with Crippen LogP contribution in [0.25, 0.3) is 10.9 Å². The summed E-state index contributed by atoms with van der Waals surface area (Å²) in [4.78, 5) is 30.7. The van der Waals surface area contributed by atoms with Crippen molar-refractivity contribution in [3.63, 3.8) is 0 Å². The summed E-state index contributed by atoms with van der Waals surface area (Å²) in [5.41, 5.74) is 2.02. The fourth-order valence-corrected chi connectivity index (χ4v) is 5.72. The highest BCUT2D eigenvalue weighted by molar-refractivity contribution is 7.89. The van der Waals surface area contributed by atoms with Crippen LogP contribution in [0.4, 0.5) is 0 Å². The van der Waals surface area contributed by atoms with Crippen LogP contribution in [0.1, 0.15) is 39.0 Å². The van der Waals surface area contributed by atoms with Gasteiger partial charge in [0.25, 0.3) is 0 Å². The number of benzene rings is 2. The minimum atomic E-state index is -3.98. The quantitative estimate of drug-likeness (QED) is 0.456. The second-order valence-corrected chi connectivity index (χ2v) is 12.2. The third kappa shape index (κ3) is 6.49. The Kier molecular flexibility index (Phi) is 7.75. The van der Waals surface area contributed by atoms with E-state index in [1.54, 1.807) is 32.9 Å². The zero-order valence-corrected chi connectivity index (χ0v) is 23.0. The van der Waals surface area contributed by atoms with E-state index in [1.807, 2.05) is 37.3 Å². The predicted molar refractivity (Wildman–Crippen MR) is 143 cm³/mol. The van der Waals surface area contributed by atoms with E-state index in [0.717, 1.165) is 22.2 Å². The Labute approximate surface area is 223 Å². The minimum Gasteiger partial charge on any atom is -0.489 e. The molecule has 202 valence electrons. The molecule has 38 heavy (non-hydrogen) atoms. The highest BCUT2D eigenvalue weighted by Crippen LogP contribution is 2.25. The van der Waals surface area contributed by atoms with E-state index in [0.29, 0.717) is 12.4 Å². The summed E-state index contributed by atoms with van der Waals surface area (Å²) >= 11 is 0. The fraction of sp³-hybridized carbons (Fsp3) is 0.393. The summed E-state index contributed by atoms with van der Waals surface area (Å²) in [5, 5.41) is 0.997. The van der Waals surface area contributed by atoms with Gasteiger partial charge in [-0.15, -0.1) is 0 Å². The molecule has 1 aliphatic rings. The lowest BCUT2D eigenvalue weighted by molar-refractivity contribution is -0.159. The van der Waals surface area contributed by atoms with Gasteiger partial charge in [-0.1, -0.05) is 18.2 Å². The molecule has 1 N–H and O–H groups in total. The molecule has 0 aliphatic carbocycles. The largest absolute Gasteiger partial charge is 0.489 e. The number of hydrogen-bond acceptors (Lipinski definition) is 7. The van der Waals surface area contributed by atoms with Crippen LogP contribution >= 0.6 is 0 Å². The lowest BCUT2D eigenvalue weighted by Crippen LogP contribution is -2.44. The van der Waals surface area contributed by atoms with Crippen LogP contribution in [-0.2, 0) is 31.0 Å². The van der Waals surface area contributed by atoms with Crippen molar-refractivity contribution in [1.82, 2.24) is 14.6 Å². The highest BCUT2D eigenvalue weighted by atomic mass is 32.2. The first-order valence-electron chi connectivity index (χ1n) is 12.4. The normalized spacial score (nSPS) is 18.0. The summed E-state index contributed by atoms with van der Waals surface area (Å²) in [7, 11) is -3.98. The number of carbonyl (C=O) groups is 2. The minimum absolute atomic E-state index is 0.0271. The SMILES string of the molecule is CC(=O)N1CC(NS(=O)(=O)c2ccc(OCc3cc(C)nc4ccccc34)cc2)C(C(=O)OC(C)(C)C)C1. The van der Waals surface area contributed by atoms with Crippen molar-refractivity contribution < 1.29 is 27.5 Å². The van der Waals surface area contributed by atoms with Gasteiger partial charge >= 0.3 is 5.97 Å². The summed E-state index contributed by atoms with van der Waals surface area (Å²) in [5.74, 6) is -1.08. The molecule has 2 atom stereocenters. The highest BCUT2D eigenvalue weighted by Gasteiger charge is 2.42. The average Bonchev–Trinajstić information content (AvgIpc) is 3.25. The van der Waals surface area contributed by atoms with E-state index in [2.05, 4.69) is 9.71 Å². The number of sulfonamides is 1. The Morgan fingerprint density at radius 1 is 1.08 bits per heavy atom. The van der Waals surface area contributed by atoms with E-state index in [4.69, 9.17) is 9.47 Å². The number of carbonyl (C=O) groups excluding carboxylic acids is 2.